The highest BCUT2D eigenvalue weighted by atomic mass is 35.5. The molecule has 23 heavy (non-hydrogen) atoms. The molecular formula is C16H16ClN3O2S. The van der Waals surface area contributed by atoms with Crippen LogP contribution in [0.15, 0.2) is 35.8 Å². The first-order valence-corrected chi connectivity index (χ1v) is 8.63. The molecular weight excluding hydrogens is 334 g/mol. The Kier molecular flexibility index (Phi) is 4.93. The Morgan fingerprint density at radius 2 is 2.13 bits per heavy atom. The monoisotopic (exact) mass is 349 g/mol. The summed E-state index contributed by atoms with van der Waals surface area (Å²) in [5.41, 5.74) is 0.894. The van der Waals surface area contributed by atoms with Crippen LogP contribution in [0.2, 0.25) is 5.02 Å². The first-order valence-electron chi connectivity index (χ1n) is 7.38. The Morgan fingerprint density at radius 1 is 1.35 bits per heavy atom. The summed E-state index contributed by atoms with van der Waals surface area (Å²) in [6, 6.07) is 6.78. The number of hydrogen-bond donors (Lipinski definition) is 1. The van der Waals surface area contributed by atoms with Crippen LogP contribution in [0, 0.1) is 0 Å². The largest absolute Gasteiger partial charge is 0.330 e. The van der Waals surface area contributed by atoms with Gasteiger partial charge in [-0.25, -0.2) is 4.98 Å². The van der Waals surface area contributed by atoms with Crippen molar-refractivity contribution in [1.82, 2.24) is 9.88 Å². The molecule has 0 radical (unpaired) electrons. The van der Waals surface area contributed by atoms with Crippen LogP contribution in [0.1, 0.15) is 18.4 Å². The van der Waals surface area contributed by atoms with Gasteiger partial charge in [-0.1, -0.05) is 23.7 Å². The fraction of sp³-hybridized carbons (Fsp3) is 0.312. The number of carbonyl (C=O) groups is 2. The summed E-state index contributed by atoms with van der Waals surface area (Å²) in [5.74, 6) is -0.203. The minimum Gasteiger partial charge on any atom is -0.330 e. The Morgan fingerprint density at radius 3 is 2.83 bits per heavy atom. The highest BCUT2D eigenvalue weighted by molar-refractivity contribution is 7.13. The number of hydrogen-bond acceptors (Lipinski definition) is 4. The number of nitrogens with zero attached hydrogens (tertiary/aromatic N) is 2. The number of amides is 2. The molecule has 1 aromatic heterocycles. The second-order valence-corrected chi connectivity index (χ2v) is 6.71. The first-order chi connectivity index (χ1) is 11.1. The molecule has 2 amide bonds. The van der Waals surface area contributed by atoms with Crippen molar-refractivity contribution < 1.29 is 9.59 Å². The third kappa shape index (κ3) is 3.89. The van der Waals surface area contributed by atoms with Crippen molar-refractivity contribution >= 4 is 39.9 Å². The molecule has 1 aliphatic heterocycles. The Bertz CT molecular complexity index is 688. The quantitative estimate of drug-likeness (QED) is 0.923. The molecule has 2 aromatic rings. The normalized spacial score (nSPS) is 17.3. The van der Waals surface area contributed by atoms with Crippen LogP contribution in [0.3, 0.4) is 0 Å². The van der Waals surface area contributed by atoms with Gasteiger partial charge in [0.2, 0.25) is 11.8 Å². The lowest BCUT2D eigenvalue weighted by molar-refractivity contribution is -0.136. The number of aromatic nitrogens is 1. The van der Waals surface area contributed by atoms with Crippen LogP contribution in [-0.2, 0) is 16.0 Å². The van der Waals surface area contributed by atoms with E-state index in [1.54, 1.807) is 28.6 Å². The zero-order chi connectivity index (χ0) is 16.2. The maximum absolute atomic E-state index is 12.5. The molecule has 5 nitrogen and oxygen atoms in total. The van der Waals surface area contributed by atoms with Crippen molar-refractivity contribution in [3.63, 3.8) is 0 Å². The number of rotatable bonds is 4. The average molecular weight is 350 g/mol. The summed E-state index contributed by atoms with van der Waals surface area (Å²) in [5, 5.41) is 5.78. The molecule has 1 N–H and O–H groups in total. The number of anilines is 1. The lowest BCUT2D eigenvalue weighted by Crippen LogP contribution is -2.43. The van der Waals surface area contributed by atoms with E-state index in [9.17, 15) is 9.59 Å². The summed E-state index contributed by atoms with van der Waals surface area (Å²) in [6.45, 7) is 0.613. The molecule has 1 aliphatic rings. The van der Waals surface area contributed by atoms with Gasteiger partial charge < -0.3 is 10.2 Å². The predicted octanol–water partition coefficient (Wildman–Crippen LogP) is 2.97. The van der Waals surface area contributed by atoms with Gasteiger partial charge in [0.05, 0.1) is 6.42 Å². The zero-order valence-corrected chi connectivity index (χ0v) is 13.9. The first kappa shape index (κ1) is 16.0. The lowest BCUT2D eigenvalue weighted by Gasteiger charge is -2.23. The van der Waals surface area contributed by atoms with Gasteiger partial charge in [-0.3, -0.25) is 9.59 Å². The molecule has 120 valence electrons. The standard InChI is InChI=1S/C16H16ClN3O2S/c17-12-5-3-11(4-6-12)10-14(21)20-8-1-2-13(20)15(22)19-16-18-7-9-23-16/h3-7,9,13H,1-2,8,10H2,(H,18,19,22)/t13-/m0/s1. The van der Waals surface area contributed by atoms with E-state index in [0.717, 1.165) is 12.0 Å². The van der Waals surface area contributed by atoms with E-state index in [2.05, 4.69) is 10.3 Å². The van der Waals surface area contributed by atoms with Crippen molar-refractivity contribution in [2.45, 2.75) is 25.3 Å². The summed E-state index contributed by atoms with van der Waals surface area (Å²) >= 11 is 7.22. The Balaban J connectivity index is 1.64. The van der Waals surface area contributed by atoms with Crippen LogP contribution in [0.25, 0.3) is 0 Å². The van der Waals surface area contributed by atoms with Gasteiger partial charge in [-0.05, 0) is 30.5 Å². The lowest BCUT2D eigenvalue weighted by atomic mass is 10.1. The van der Waals surface area contributed by atoms with Gasteiger partial charge in [0.15, 0.2) is 5.13 Å². The van der Waals surface area contributed by atoms with Crippen molar-refractivity contribution in [2.24, 2.45) is 0 Å². The number of halogens is 1. The van der Waals surface area contributed by atoms with E-state index >= 15 is 0 Å². The van der Waals surface area contributed by atoms with E-state index in [1.165, 1.54) is 11.3 Å². The van der Waals surface area contributed by atoms with Gasteiger partial charge in [0, 0.05) is 23.1 Å². The molecule has 0 bridgehead atoms. The van der Waals surface area contributed by atoms with Crippen LogP contribution in [0.4, 0.5) is 5.13 Å². The molecule has 1 aromatic carbocycles. The topological polar surface area (TPSA) is 62.3 Å². The summed E-state index contributed by atoms with van der Waals surface area (Å²) < 4.78 is 0. The summed E-state index contributed by atoms with van der Waals surface area (Å²) in [7, 11) is 0. The Hall–Kier alpha value is -1.92. The van der Waals surface area contributed by atoms with Crippen LogP contribution in [-0.4, -0.2) is 34.3 Å². The average Bonchev–Trinajstić information content (AvgIpc) is 3.20. The van der Waals surface area contributed by atoms with Gasteiger partial charge in [0.25, 0.3) is 0 Å². The van der Waals surface area contributed by atoms with E-state index in [-0.39, 0.29) is 18.2 Å². The summed E-state index contributed by atoms with van der Waals surface area (Å²) in [6.07, 6.45) is 3.43. The van der Waals surface area contributed by atoms with Gasteiger partial charge >= 0.3 is 0 Å². The van der Waals surface area contributed by atoms with Crippen molar-refractivity contribution in [2.75, 3.05) is 11.9 Å². The van der Waals surface area contributed by atoms with Gasteiger partial charge in [0.1, 0.15) is 6.04 Å². The molecule has 1 fully saturated rings. The van der Waals surface area contributed by atoms with Crippen LogP contribution >= 0.6 is 22.9 Å². The maximum atomic E-state index is 12.5. The van der Waals surface area contributed by atoms with E-state index in [1.807, 2.05) is 12.1 Å². The molecule has 2 heterocycles. The molecule has 0 unspecified atom stereocenters. The summed E-state index contributed by atoms with van der Waals surface area (Å²) in [4.78, 5) is 30.6. The highest BCUT2D eigenvalue weighted by Crippen LogP contribution is 2.21. The minimum atomic E-state index is -0.418. The molecule has 0 aliphatic carbocycles. The number of benzene rings is 1. The molecule has 0 saturated carbocycles. The fourth-order valence-corrected chi connectivity index (χ4v) is 3.35. The third-order valence-electron chi connectivity index (χ3n) is 3.81. The molecule has 3 rings (SSSR count). The number of likely N-dealkylation sites (tertiary alicyclic amines) is 1. The fourth-order valence-electron chi connectivity index (χ4n) is 2.69. The molecule has 0 spiro atoms. The highest BCUT2D eigenvalue weighted by Gasteiger charge is 2.34. The second kappa shape index (κ2) is 7.10. The number of thiazole rings is 1. The predicted molar refractivity (Wildman–Crippen MR) is 90.6 cm³/mol. The minimum absolute atomic E-state index is 0.0379. The molecule has 1 atom stereocenters. The van der Waals surface area contributed by atoms with Crippen molar-refractivity contribution in [3.05, 3.63) is 46.4 Å². The smallest absolute Gasteiger partial charge is 0.248 e. The van der Waals surface area contributed by atoms with E-state index < -0.39 is 6.04 Å². The SMILES string of the molecule is O=C(Nc1nccs1)[C@@H]1CCCN1C(=O)Cc1ccc(Cl)cc1. The number of carbonyl (C=O) groups excluding carboxylic acids is 2. The third-order valence-corrected chi connectivity index (χ3v) is 4.75. The molecule has 1 saturated heterocycles. The van der Waals surface area contributed by atoms with Crippen molar-refractivity contribution in [3.8, 4) is 0 Å². The van der Waals surface area contributed by atoms with Crippen molar-refractivity contribution in [1.29, 1.82) is 0 Å². The maximum Gasteiger partial charge on any atom is 0.248 e. The van der Waals surface area contributed by atoms with E-state index in [4.69, 9.17) is 11.6 Å². The van der Waals surface area contributed by atoms with Crippen LogP contribution in [0.5, 0.6) is 0 Å². The Labute approximate surface area is 143 Å². The van der Waals surface area contributed by atoms with Gasteiger partial charge in [-0.2, -0.15) is 0 Å². The zero-order valence-electron chi connectivity index (χ0n) is 12.4. The van der Waals surface area contributed by atoms with E-state index in [0.29, 0.717) is 23.1 Å². The van der Waals surface area contributed by atoms with Gasteiger partial charge in [-0.15, -0.1) is 11.3 Å². The van der Waals surface area contributed by atoms with Crippen LogP contribution < -0.4 is 5.32 Å². The number of nitrogens with one attached hydrogen (secondary N) is 1. The second-order valence-electron chi connectivity index (χ2n) is 5.37. The molecule has 7 heteroatoms.